The van der Waals surface area contributed by atoms with Gasteiger partial charge in [0.25, 0.3) is 0 Å². The lowest BCUT2D eigenvalue weighted by molar-refractivity contribution is 0.217. The summed E-state index contributed by atoms with van der Waals surface area (Å²) >= 11 is 0. The number of hydrogen-bond donors (Lipinski definition) is 0. The second-order valence-electron chi connectivity index (χ2n) is 8.67. The Labute approximate surface area is 151 Å². The number of rotatable bonds is 6. The Hall–Kier alpha value is -1.30. The van der Waals surface area contributed by atoms with Gasteiger partial charge in [-0.2, -0.15) is 0 Å². The third-order valence-electron chi connectivity index (χ3n) is 5.41. The van der Waals surface area contributed by atoms with Crippen molar-refractivity contribution in [2.45, 2.75) is 80.6 Å². The Morgan fingerprint density at radius 3 is 2.33 bits per heavy atom. The standard InChI is InChI=1S/C24H38/c1-10-11-18(4)20(6)14-21(17(2)3)15-22-16-23(24(7,8)9)13-12-19(22)5/h14-15,23H,2,4,10-13,16H2,1,3,5-9H3/b20-14+,21-15-/t23-/m0/s1. The molecule has 0 aliphatic heterocycles. The van der Waals surface area contributed by atoms with Crippen molar-refractivity contribution in [2.24, 2.45) is 11.3 Å². The van der Waals surface area contributed by atoms with E-state index in [1.54, 1.807) is 5.57 Å². The first-order chi connectivity index (χ1) is 11.1. The molecular weight excluding hydrogens is 288 g/mol. The molecule has 0 unspecified atom stereocenters. The van der Waals surface area contributed by atoms with Crippen LogP contribution < -0.4 is 0 Å². The van der Waals surface area contributed by atoms with E-state index in [4.69, 9.17) is 0 Å². The van der Waals surface area contributed by atoms with Crippen LogP contribution in [-0.4, -0.2) is 0 Å². The van der Waals surface area contributed by atoms with Crippen LogP contribution in [0.4, 0.5) is 0 Å². The maximum Gasteiger partial charge on any atom is -0.0228 e. The first kappa shape index (κ1) is 20.7. The lowest BCUT2D eigenvalue weighted by Crippen LogP contribution is -2.23. The fourth-order valence-electron chi connectivity index (χ4n) is 3.32. The summed E-state index contributed by atoms with van der Waals surface area (Å²) in [5.74, 6) is 0.763. The summed E-state index contributed by atoms with van der Waals surface area (Å²) in [6, 6.07) is 0. The molecule has 0 N–H and O–H groups in total. The molecule has 1 aliphatic carbocycles. The molecule has 0 aromatic carbocycles. The SMILES string of the molecule is C=C(C)C(=C\C1=C(C)CC[C@H](C(C)(C)C)C1)/C=C(\C)C(=C)CCC. The molecular formula is C24H38. The summed E-state index contributed by atoms with van der Waals surface area (Å²) < 4.78 is 0. The molecule has 0 fully saturated rings. The molecule has 0 radical (unpaired) electrons. The van der Waals surface area contributed by atoms with Gasteiger partial charge in [-0.05, 0) is 74.5 Å². The molecule has 0 heteroatoms. The van der Waals surface area contributed by atoms with Crippen LogP contribution in [0.3, 0.4) is 0 Å². The molecule has 0 nitrogen and oxygen atoms in total. The lowest BCUT2D eigenvalue weighted by Gasteiger charge is -2.35. The van der Waals surface area contributed by atoms with Gasteiger partial charge in [0.05, 0.1) is 0 Å². The van der Waals surface area contributed by atoms with Gasteiger partial charge in [0, 0.05) is 0 Å². The third-order valence-corrected chi connectivity index (χ3v) is 5.41. The molecule has 0 heterocycles. The van der Waals surface area contributed by atoms with Crippen molar-refractivity contribution < 1.29 is 0 Å². The van der Waals surface area contributed by atoms with Crippen LogP contribution in [0.2, 0.25) is 0 Å². The Bertz CT molecular complexity index is 570. The van der Waals surface area contributed by atoms with E-state index in [-0.39, 0.29) is 0 Å². The minimum Gasteiger partial charge on any atom is -0.0956 e. The largest absolute Gasteiger partial charge is 0.0956 e. The van der Waals surface area contributed by atoms with E-state index in [0.717, 1.165) is 24.3 Å². The summed E-state index contributed by atoms with van der Waals surface area (Å²) in [6.07, 6.45) is 10.6. The molecule has 0 amide bonds. The van der Waals surface area contributed by atoms with Gasteiger partial charge < -0.3 is 0 Å². The van der Waals surface area contributed by atoms with E-state index in [0.29, 0.717) is 5.41 Å². The highest BCUT2D eigenvalue weighted by Gasteiger charge is 2.28. The van der Waals surface area contributed by atoms with E-state index < -0.39 is 0 Å². The molecule has 1 aliphatic rings. The van der Waals surface area contributed by atoms with Crippen molar-refractivity contribution in [2.75, 3.05) is 0 Å². The zero-order valence-electron chi connectivity index (χ0n) is 17.2. The Kier molecular flexibility index (Phi) is 7.52. The second kappa shape index (κ2) is 8.70. The van der Waals surface area contributed by atoms with Crippen LogP contribution in [0, 0.1) is 11.3 Å². The van der Waals surface area contributed by atoms with Gasteiger partial charge in [0.2, 0.25) is 0 Å². The number of hydrogen-bond acceptors (Lipinski definition) is 0. The quantitative estimate of drug-likeness (QED) is 0.434. The second-order valence-corrected chi connectivity index (χ2v) is 8.67. The average molecular weight is 327 g/mol. The van der Waals surface area contributed by atoms with Crippen molar-refractivity contribution in [1.82, 2.24) is 0 Å². The summed E-state index contributed by atoms with van der Waals surface area (Å²) in [5.41, 5.74) is 8.37. The minimum absolute atomic E-state index is 0.379. The van der Waals surface area contributed by atoms with Crippen LogP contribution in [0.25, 0.3) is 0 Å². The van der Waals surface area contributed by atoms with Crippen molar-refractivity contribution in [3.63, 3.8) is 0 Å². The average Bonchev–Trinajstić information content (AvgIpc) is 2.47. The van der Waals surface area contributed by atoms with Crippen LogP contribution in [0.1, 0.15) is 80.6 Å². The molecule has 24 heavy (non-hydrogen) atoms. The summed E-state index contributed by atoms with van der Waals surface area (Å²) in [5, 5.41) is 0. The van der Waals surface area contributed by atoms with Gasteiger partial charge in [0.15, 0.2) is 0 Å². The normalized spacial score (nSPS) is 20.4. The van der Waals surface area contributed by atoms with E-state index in [2.05, 4.69) is 73.8 Å². The topological polar surface area (TPSA) is 0 Å². The molecule has 0 aromatic rings. The van der Waals surface area contributed by atoms with Crippen molar-refractivity contribution in [3.8, 4) is 0 Å². The molecule has 0 saturated carbocycles. The van der Waals surface area contributed by atoms with Crippen molar-refractivity contribution in [1.29, 1.82) is 0 Å². The molecule has 1 rings (SSSR count). The van der Waals surface area contributed by atoms with Gasteiger partial charge in [0.1, 0.15) is 0 Å². The Balaban J connectivity index is 3.13. The number of allylic oxidation sites excluding steroid dienone is 8. The van der Waals surface area contributed by atoms with Crippen LogP contribution in [-0.2, 0) is 0 Å². The van der Waals surface area contributed by atoms with Crippen LogP contribution in [0.15, 0.2) is 58.7 Å². The molecule has 0 bridgehead atoms. The first-order valence-electron chi connectivity index (χ1n) is 9.48. The maximum absolute atomic E-state index is 4.23. The summed E-state index contributed by atoms with van der Waals surface area (Å²) in [6.45, 7) is 24.3. The van der Waals surface area contributed by atoms with E-state index in [9.17, 15) is 0 Å². The fourth-order valence-corrected chi connectivity index (χ4v) is 3.32. The molecule has 0 spiro atoms. The zero-order chi connectivity index (χ0) is 18.5. The first-order valence-corrected chi connectivity index (χ1v) is 9.48. The van der Waals surface area contributed by atoms with Crippen LogP contribution in [0.5, 0.6) is 0 Å². The maximum atomic E-state index is 4.23. The predicted octanol–water partition coefficient (Wildman–Crippen LogP) is 7.95. The van der Waals surface area contributed by atoms with Gasteiger partial charge in [-0.3, -0.25) is 0 Å². The Morgan fingerprint density at radius 1 is 1.21 bits per heavy atom. The highest BCUT2D eigenvalue weighted by molar-refractivity contribution is 5.47. The highest BCUT2D eigenvalue weighted by atomic mass is 14.3. The fraction of sp³-hybridized carbons (Fsp3) is 0.583. The van der Waals surface area contributed by atoms with E-state index in [1.807, 2.05) is 0 Å². The molecule has 0 saturated heterocycles. The van der Waals surface area contributed by atoms with E-state index >= 15 is 0 Å². The molecule has 0 aromatic heterocycles. The summed E-state index contributed by atoms with van der Waals surface area (Å²) in [7, 11) is 0. The zero-order valence-corrected chi connectivity index (χ0v) is 17.2. The predicted molar refractivity (Wildman–Crippen MR) is 110 cm³/mol. The molecule has 134 valence electrons. The highest BCUT2D eigenvalue weighted by Crippen LogP contribution is 2.41. The third kappa shape index (κ3) is 5.96. The van der Waals surface area contributed by atoms with Crippen LogP contribution >= 0.6 is 0 Å². The van der Waals surface area contributed by atoms with Gasteiger partial charge in [-0.25, -0.2) is 0 Å². The van der Waals surface area contributed by atoms with Gasteiger partial charge in [-0.15, -0.1) is 0 Å². The summed E-state index contributed by atoms with van der Waals surface area (Å²) in [4.78, 5) is 0. The molecule has 1 atom stereocenters. The minimum atomic E-state index is 0.379. The van der Waals surface area contributed by atoms with Crippen molar-refractivity contribution in [3.05, 3.63) is 58.7 Å². The Morgan fingerprint density at radius 2 is 1.83 bits per heavy atom. The van der Waals surface area contributed by atoms with Gasteiger partial charge >= 0.3 is 0 Å². The van der Waals surface area contributed by atoms with Gasteiger partial charge in [-0.1, -0.05) is 76.1 Å². The van der Waals surface area contributed by atoms with Crippen molar-refractivity contribution >= 4 is 0 Å². The monoisotopic (exact) mass is 326 g/mol. The van der Waals surface area contributed by atoms with E-state index in [1.165, 1.54) is 41.6 Å². The smallest absolute Gasteiger partial charge is 0.0228 e. The lowest BCUT2D eigenvalue weighted by atomic mass is 9.70.